The normalized spacial score (nSPS) is 23.5. The summed E-state index contributed by atoms with van der Waals surface area (Å²) < 4.78 is 5.12. The smallest absolute Gasteiger partial charge is 0.270 e. The van der Waals surface area contributed by atoms with Gasteiger partial charge in [0.25, 0.3) is 5.91 Å². The molecule has 1 aliphatic heterocycles. The van der Waals surface area contributed by atoms with Gasteiger partial charge in [0, 0.05) is 28.9 Å². The third-order valence-electron chi connectivity index (χ3n) is 5.49. The van der Waals surface area contributed by atoms with Crippen LogP contribution in [0.4, 0.5) is 5.00 Å². The van der Waals surface area contributed by atoms with Crippen LogP contribution in [0.25, 0.3) is 10.9 Å². The van der Waals surface area contributed by atoms with Crippen LogP contribution >= 0.6 is 27.5 Å². The molecule has 3 atom stereocenters. The zero-order valence-electron chi connectivity index (χ0n) is 14.5. The highest BCUT2D eigenvalue weighted by Crippen LogP contribution is 2.52. The number of anilines is 1. The minimum atomic E-state index is 0.00235. The van der Waals surface area contributed by atoms with Crippen molar-refractivity contribution in [1.82, 2.24) is 14.3 Å². The standard InChI is InChI=1S/C19H17BrN4O2S/c1-9-5-15(27-23-9)22-18(25)16-11-7-24(8-12(11)16)19(26)14-6-10-3-2-4-13(20)17(10)21-14/h2-6,11-12,16,21H,7-8H2,1H3,(H,22,25)/t11-,12+,16?. The molecule has 0 bridgehead atoms. The average Bonchev–Trinajstić information content (AvgIpc) is 3.07. The Hall–Kier alpha value is -2.19. The molecular weight excluding hydrogens is 428 g/mol. The van der Waals surface area contributed by atoms with Crippen molar-refractivity contribution in [2.75, 3.05) is 18.4 Å². The molecule has 1 aromatic carbocycles. The maximum absolute atomic E-state index is 12.8. The highest BCUT2D eigenvalue weighted by atomic mass is 79.9. The lowest BCUT2D eigenvalue weighted by molar-refractivity contribution is -0.118. The molecule has 1 aliphatic carbocycles. The molecule has 0 spiro atoms. The summed E-state index contributed by atoms with van der Waals surface area (Å²) >= 11 is 4.81. The molecule has 0 radical (unpaired) electrons. The van der Waals surface area contributed by atoms with Gasteiger partial charge in [0.2, 0.25) is 5.91 Å². The Morgan fingerprint density at radius 2 is 2.07 bits per heavy atom. The van der Waals surface area contributed by atoms with E-state index in [1.807, 2.05) is 42.2 Å². The Morgan fingerprint density at radius 3 is 2.74 bits per heavy atom. The van der Waals surface area contributed by atoms with Gasteiger partial charge in [-0.05, 0) is 64.4 Å². The third kappa shape index (κ3) is 2.87. The minimum Gasteiger partial charge on any atom is -0.350 e. The van der Waals surface area contributed by atoms with Gasteiger partial charge in [0.1, 0.15) is 10.7 Å². The lowest BCUT2D eigenvalue weighted by Crippen LogP contribution is -2.33. The first kappa shape index (κ1) is 16.9. The topological polar surface area (TPSA) is 78.1 Å². The molecule has 2 amide bonds. The third-order valence-corrected chi connectivity index (χ3v) is 6.95. The number of H-pyrrole nitrogens is 1. The van der Waals surface area contributed by atoms with Crippen LogP contribution in [0.5, 0.6) is 0 Å². The zero-order valence-corrected chi connectivity index (χ0v) is 16.9. The van der Waals surface area contributed by atoms with Crippen molar-refractivity contribution in [3.8, 4) is 0 Å². The maximum Gasteiger partial charge on any atom is 0.270 e. The van der Waals surface area contributed by atoms with E-state index in [0.717, 1.165) is 26.1 Å². The molecule has 3 aromatic rings. The highest BCUT2D eigenvalue weighted by molar-refractivity contribution is 9.10. The van der Waals surface area contributed by atoms with Gasteiger partial charge in [0.15, 0.2) is 0 Å². The fourth-order valence-electron chi connectivity index (χ4n) is 4.11. The van der Waals surface area contributed by atoms with Crippen LogP contribution in [-0.4, -0.2) is 39.2 Å². The summed E-state index contributed by atoms with van der Waals surface area (Å²) in [5.41, 5.74) is 2.44. The van der Waals surface area contributed by atoms with E-state index in [1.165, 1.54) is 11.5 Å². The van der Waals surface area contributed by atoms with Gasteiger partial charge >= 0.3 is 0 Å². The molecule has 138 valence electrons. The van der Waals surface area contributed by atoms with Gasteiger partial charge in [-0.3, -0.25) is 9.59 Å². The molecule has 27 heavy (non-hydrogen) atoms. The van der Waals surface area contributed by atoms with Crippen molar-refractivity contribution >= 4 is 55.2 Å². The van der Waals surface area contributed by atoms with E-state index in [9.17, 15) is 9.59 Å². The van der Waals surface area contributed by atoms with Crippen molar-refractivity contribution in [2.24, 2.45) is 17.8 Å². The highest BCUT2D eigenvalue weighted by Gasteiger charge is 2.60. The molecule has 2 aliphatic rings. The fraction of sp³-hybridized carbons (Fsp3) is 0.316. The fourth-order valence-corrected chi connectivity index (χ4v) is 5.26. The minimum absolute atomic E-state index is 0.00235. The Kier molecular flexibility index (Phi) is 3.87. The maximum atomic E-state index is 12.8. The van der Waals surface area contributed by atoms with E-state index in [2.05, 4.69) is 30.6 Å². The summed E-state index contributed by atoms with van der Waals surface area (Å²) in [6, 6.07) is 9.66. The number of carbonyl (C=O) groups excluding carboxylic acids is 2. The predicted molar refractivity (Wildman–Crippen MR) is 108 cm³/mol. The SMILES string of the molecule is Cc1cc(NC(=O)C2[C@H]3CN(C(=O)c4cc5cccc(Br)c5[nH]4)C[C@@H]23)sn1. The van der Waals surface area contributed by atoms with E-state index >= 15 is 0 Å². The second-order valence-corrected chi connectivity index (χ2v) is 8.93. The van der Waals surface area contributed by atoms with Gasteiger partial charge in [0.05, 0.1) is 11.2 Å². The van der Waals surface area contributed by atoms with E-state index in [0.29, 0.717) is 18.8 Å². The van der Waals surface area contributed by atoms with Crippen molar-refractivity contribution < 1.29 is 9.59 Å². The number of hydrogen-bond donors (Lipinski definition) is 2. The summed E-state index contributed by atoms with van der Waals surface area (Å²) in [6.07, 6.45) is 0. The number of carbonyl (C=O) groups is 2. The molecule has 1 saturated heterocycles. The predicted octanol–water partition coefficient (Wildman–Crippen LogP) is 3.65. The van der Waals surface area contributed by atoms with Gasteiger partial charge in [-0.1, -0.05) is 12.1 Å². The number of benzene rings is 1. The van der Waals surface area contributed by atoms with Crippen LogP contribution in [0.1, 0.15) is 16.2 Å². The van der Waals surface area contributed by atoms with Crippen LogP contribution < -0.4 is 5.32 Å². The lowest BCUT2D eigenvalue weighted by atomic mass is 10.2. The summed E-state index contributed by atoms with van der Waals surface area (Å²) in [7, 11) is 0. The molecule has 2 N–H and O–H groups in total. The number of aromatic nitrogens is 2. The quantitative estimate of drug-likeness (QED) is 0.646. The molecule has 8 heteroatoms. The van der Waals surface area contributed by atoms with Gasteiger partial charge < -0.3 is 15.2 Å². The number of halogens is 1. The number of nitrogens with zero attached hydrogens (tertiary/aromatic N) is 2. The van der Waals surface area contributed by atoms with E-state index in [-0.39, 0.29) is 29.6 Å². The lowest BCUT2D eigenvalue weighted by Gasteiger charge is -2.19. The largest absolute Gasteiger partial charge is 0.350 e. The van der Waals surface area contributed by atoms with Crippen LogP contribution in [0.15, 0.2) is 34.8 Å². The van der Waals surface area contributed by atoms with Gasteiger partial charge in [-0.2, -0.15) is 4.37 Å². The van der Waals surface area contributed by atoms with Gasteiger partial charge in [-0.15, -0.1) is 0 Å². The Bertz CT molecular complexity index is 1060. The van der Waals surface area contributed by atoms with E-state index < -0.39 is 0 Å². The average molecular weight is 445 g/mol. The molecule has 1 unspecified atom stereocenters. The molecule has 1 saturated carbocycles. The summed E-state index contributed by atoms with van der Waals surface area (Å²) in [4.78, 5) is 30.4. The van der Waals surface area contributed by atoms with Crippen LogP contribution in [0.3, 0.4) is 0 Å². The van der Waals surface area contributed by atoms with Crippen molar-refractivity contribution in [2.45, 2.75) is 6.92 Å². The van der Waals surface area contributed by atoms with Crippen molar-refractivity contribution in [1.29, 1.82) is 0 Å². The van der Waals surface area contributed by atoms with Gasteiger partial charge in [-0.25, -0.2) is 0 Å². The van der Waals surface area contributed by atoms with Crippen LogP contribution in [0, 0.1) is 24.7 Å². The van der Waals surface area contributed by atoms with E-state index in [4.69, 9.17) is 0 Å². The van der Waals surface area contributed by atoms with E-state index in [1.54, 1.807) is 0 Å². The summed E-state index contributed by atoms with van der Waals surface area (Å²) in [6.45, 7) is 3.18. The second-order valence-electron chi connectivity index (χ2n) is 7.27. The molecule has 2 aromatic heterocycles. The summed E-state index contributed by atoms with van der Waals surface area (Å²) in [5.74, 6) is 0.587. The summed E-state index contributed by atoms with van der Waals surface area (Å²) in [5, 5.41) is 4.75. The second kappa shape index (κ2) is 6.17. The molecule has 3 heterocycles. The first-order chi connectivity index (χ1) is 13.0. The van der Waals surface area contributed by atoms with Crippen LogP contribution in [-0.2, 0) is 4.79 Å². The number of aryl methyl sites for hydroxylation is 1. The number of nitrogens with one attached hydrogen (secondary N) is 2. The number of rotatable bonds is 3. The Labute approximate surface area is 168 Å². The number of amides is 2. The number of para-hydroxylation sites is 1. The monoisotopic (exact) mass is 444 g/mol. The Morgan fingerprint density at radius 1 is 1.30 bits per heavy atom. The van der Waals surface area contributed by atoms with Crippen molar-refractivity contribution in [3.05, 3.63) is 46.2 Å². The van der Waals surface area contributed by atoms with Crippen molar-refractivity contribution in [3.63, 3.8) is 0 Å². The molecule has 6 nitrogen and oxygen atoms in total. The number of piperidine rings is 1. The number of hydrogen-bond acceptors (Lipinski definition) is 4. The number of likely N-dealkylation sites (tertiary alicyclic amines) is 1. The first-order valence-corrected chi connectivity index (χ1v) is 10.4. The molecule has 2 fully saturated rings. The zero-order chi connectivity index (χ0) is 18.7. The molecular formula is C19H17BrN4O2S. The number of aromatic amines is 1. The number of fused-ring (bicyclic) bond motifs is 2. The van der Waals surface area contributed by atoms with Crippen LogP contribution in [0.2, 0.25) is 0 Å². The first-order valence-electron chi connectivity index (χ1n) is 8.82. The Balaban J connectivity index is 1.24. The molecule has 5 rings (SSSR count).